The van der Waals surface area contributed by atoms with Gasteiger partial charge in [-0.05, 0) is 36.1 Å². The minimum Gasteiger partial charge on any atom is -0.330 e. The third-order valence-corrected chi connectivity index (χ3v) is 5.11. The van der Waals surface area contributed by atoms with Crippen LogP contribution in [0.4, 0.5) is 0 Å². The molecule has 0 saturated carbocycles. The first-order chi connectivity index (χ1) is 8.30. The Bertz CT molecular complexity index is 475. The highest BCUT2D eigenvalue weighted by molar-refractivity contribution is 7.91. The van der Waals surface area contributed by atoms with Crippen molar-refractivity contribution in [1.82, 2.24) is 0 Å². The largest absolute Gasteiger partial charge is 0.330 e. The first kappa shape index (κ1) is 15.2. The van der Waals surface area contributed by atoms with Gasteiger partial charge in [-0.2, -0.15) is 0 Å². The summed E-state index contributed by atoms with van der Waals surface area (Å²) in [6.07, 6.45) is 2.04. The van der Waals surface area contributed by atoms with E-state index in [1.807, 2.05) is 26.0 Å². The molecular weight excluding hydrogens is 246 g/mol. The van der Waals surface area contributed by atoms with E-state index in [1.54, 1.807) is 12.1 Å². The predicted octanol–water partition coefficient (Wildman–Crippen LogP) is 2.40. The first-order valence-corrected chi connectivity index (χ1v) is 7.98. The Balaban J connectivity index is 2.92. The SMILES string of the molecule is CCCc1ccc(S(=O)(=O)CC(C)(C)CN)cc1. The van der Waals surface area contributed by atoms with E-state index in [2.05, 4.69) is 6.92 Å². The van der Waals surface area contributed by atoms with Gasteiger partial charge in [-0.15, -0.1) is 0 Å². The molecule has 1 aromatic carbocycles. The summed E-state index contributed by atoms with van der Waals surface area (Å²) in [7, 11) is -3.24. The number of benzene rings is 1. The molecule has 0 bridgehead atoms. The van der Waals surface area contributed by atoms with Crippen LogP contribution in [0.25, 0.3) is 0 Å². The summed E-state index contributed by atoms with van der Waals surface area (Å²) in [6, 6.07) is 7.19. The molecule has 3 nitrogen and oxygen atoms in total. The maximum atomic E-state index is 12.2. The number of sulfone groups is 1. The summed E-state index contributed by atoms with van der Waals surface area (Å²) in [5.74, 6) is 0.0869. The molecule has 18 heavy (non-hydrogen) atoms. The lowest BCUT2D eigenvalue weighted by atomic mass is 9.97. The van der Waals surface area contributed by atoms with Crippen molar-refractivity contribution in [3.8, 4) is 0 Å². The molecule has 4 heteroatoms. The lowest BCUT2D eigenvalue weighted by molar-refractivity contribution is 0.425. The van der Waals surface area contributed by atoms with Gasteiger partial charge in [-0.1, -0.05) is 39.3 Å². The van der Waals surface area contributed by atoms with Gasteiger partial charge in [0.1, 0.15) is 0 Å². The molecule has 0 radical (unpaired) electrons. The molecule has 0 aliphatic carbocycles. The maximum absolute atomic E-state index is 12.2. The zero-order valence-electron chi connectivity index (χ0n) is 11.4. The second-order valence-electron chi connectivity index (χ2n) is 5.52. The lowest BCUT2D eigenvalue weighted by Crippen LogP contribution is -2.31. The van der Waals surface area contributed by atoms with Gasteiger partial charge in [-0.3, -0.25) is 0 Å². The van der Waals surface area contributed by atoms with Crippen LogP contribution in [0.1, 0.15) is 32.8 Å². The van der Waals surface area contributed by atoms with Crippen molar-refractivity contribution in [3.63, 3.8) is 0 Å². The molecule has 0 unspecified atom stereocenters. The average Bonchev–Trinajstić information content (AvgIpc) is 2.29. The molecule has 0 fully saturated rings. The van der Waals surface area contributed by atoms with E-state index in [0.29, 0.717) is 11.4 Å². The Morgan fingerprint density at radius 3 is 2.17 bits per heavy atom. The van der Waals surface area contributed by atoms with E-state index in [9.17, 15) is 8.42 Å². The van der Waals surface area contributed by atoms with Crippen LogP contribution in [0.3, 0.4) is 0 Å². The van der Waals surface area contributed by atoms with Gasteiger partial charge < -0.3 is 5.73 Å². The molecule has 0 atom stereocenters. The van der Waals surface area contributed by atoms with Crippen molar-refractivity contribution in [1.29, 1.82) is 0 Å². The van der Waals surface area contributed by atoms with Crippen LogP contribution in [-0.2, 0) is 16.3 Å². The summed E-state index contributed by atoms with van der Waals surface area (Å²) in [4.78, 5) is 0.392. The topological polar surface area (TPSA) is 60.2 Å². The number of hydrogen-bond acceptors (Lipinski definition) is 3. The Morgan fingerprint density at radius 2 is 1.72 bits per heavy atom. The van der Waals surface area contributed by atoms with Crippen LogP contribution in [-0.4, -0.2) is 20.7 Å². The number of hydrogen-bond donors (Lipinski definition) is 1. The molecule has 102 valence electrons. The van der Waals surface area contributed by atoms with Crippen molar-refractivity contribution in [2.45, 2.75) is 38.5 Å². The summed E-state index contributed by atoms with van der Waals surface area (Å²) < 4.78 is 24.4. The summed E-state index contributed by atoms with van der Waals surface area (Å²) >= 11 is 0. The minimum atomic E-state index is -3.24. The van der Waals surface area contributed by atoms with Gasteiger partial charge in [0.25, 0.3) is 0 Å². The van der Waals surface area contributed by atoms with Gasteiger partial charge in [0.2, 0.25) is 0 Å². The molecule has 0 heterocycles. The quantitative estimate of drug-likeness (QED) is 0.862. The molecule has 0 spiro atoms. The van der Waals surface area contributed by atoms with Crippen molar-refractivity contribution < 1.29 is 8.42 Å². The van der Waals surface area contributed by atoms with Gasteiger partial charge in [0.15, 0.2) is 9.84 Å². The Kier molecular flexibility index (Phi) is 4.93. The third-order valence-electron chi connectivity index (χ3n) is 2.95. The van der Waals surface area contributed by atoms with Crippen molar-refractivity contribution in [3.05, 3.63) is 29.8 Å². The summed E-state index contributed by atoms with van der Waals surface area (Å²) in [6.45, 7) is 6.21. The van der Waals surface area contributed by atoms with E-state index in [0.717, 1.165) is 12.8 Å². The van der Waals surface area contributed by atoms with Crippen molar-refractivity contribution in [2.75, 3.05) is 12.3 Å². The van der Waals surface area contributed by atoms with Gasteiger partial charge in [0, 0.05) is 0 Å². The average molecular weight is 269 g/mol. The van der Waals surface area contributed by atoms with Crippen molar-refractivity contribution >= 4 is 9.84 Å². The van der Waals surface area contributed by atoms with Gasteiger partial charge in [0.05, 0.1) is 10.6 Å². The fourth-order valence-electron chi connectivity index (χ4n) is 1.81. The van der Waals surface area contributed by atoms with E-state index in [-0.39, 0.29) is 11.2 Å². The van der Waals surface area contributed by atoms with Gasteiger partial charge >= 0.3 is 0 Å². The second kappa shape index (κ2) is 5.85. The van der Waals surface area contributed by atoms with E-state index in [4.69, 9.17) is 5.73 Å². The van der Waals surface area contributed by atoms with E-state index >= 15 is 0 Å². The molecular formula is C14H23NO2S. The molecule has 1 rings (SSSR count). The van der Waals surface area contributed by atoms with Crippen LogP contribution in [0, 0.1) is 5.41 Å². The second-order valence-corrected chi connectivity index (χ2v) is 7.51. The third kappa shape index (κ3) is 4.10. The molecule has 0 aliphatic heterocycles. The van der Waals surface area contributed by atoms with Crippen LogP contribution < -0.4 is 5.73 Å². The maximum Gasteiger partial charge on any atom is 0.178 e. The molecule has 0 aromatic heterocycles. The monoisotopic (exact) mass is 269 g/mol. The smallest absolute Gasteiger partial charge is 0.178 e. The number of nitrogens with two attached hydrogens (primary N) is 1. The van der Waals surface area contributed by atoms with Crippen LogP contribution in [0.2, 0.25) is 0 Å². The fraction of sp³-hybridized carbons (Fsp3) is 0.571. The Morgan fingerprint density at radius 1 is 1.17 bits per heavy atom. The summed E-state index contributed by atoms with van der Waals surface area (Å²) in [5.41, 5.74) is 6.38. The highest BCUT2D eigenvalue weighted by Gasteiger charge is 2.26. The zero-order chi connectivity index (χ0) is 13.8. The van der Waals surface area contributed by atoms with Crippen LogP contribution >= 0.6 is 0 Å². The standard InChI is InChI=1S/C14H23NO2S/c1-4-5-12-6-8-13(9-7-12)18(16,17)11-14(2,3)10-15/h6-9H,4-5,10-11,15H2,1-3H3. The van der Waals surface area contributed by atoms with Crippen LogP contribution in [0.15, 0.2) is 29.2 Å². The van der Waals surface area contributed by atoms with E-state index in [1.165, 1.54) is 5.56 Å². The molecule has 1 aromatic rings. The van der Waals surface area contributed by atoms with Crippen LogP contribution in [0.5, 0.6) is 0 Å². The zero-order valence-corrected chi connectivity index (χ0v) is 12.3. The Labute approximate surface area is 110 Å². The highest BCUT2D eigenvalue weighted by Crippen LogP contribution is 2.22. The normalized spacial score (nSPS) is 12.7. The molecule has 0 amide bonds. The molecule has 0 aliphatic rings. The number of aryl methyl sites for hydroxylation is 1. The predicted molar refractivity (Wildman–Crippen MR) is 75.3 cm³/mol. The molecule has 2 N–H and O–H groups in total. The Hall–Kier alpha value is -0.870. The van der Waals surface area contributed by atoms with E-state index < -0.39 is 9.84 Å². The van der Waals surface area contributed by atoms with Crippen molar-refractivity contribution in [2.24, 2.45) is 11.1 Å². The first-order valence-electron chi connectivity index (χ1n) is 6.32. The highest BCUT2D eigenvalue weighted by atomic mass is 32.2. The fourth-order valence-corrected chi connectivity index (χ4v) is 3.67. The minimum absolute atomic E-state index is 0.0869. The number of rotatable bonds is 6. The molecule has 0 saturated heterocycles. The van der Waals surface area contributed by atoms with Gasteiger partial charge in [-0.25, -0.2) is 8.42 Å². The summed E-state index contributed by atoms with van der Waals surface area (Å²) in [5, 5.41) is 0. The lowest BCUT2D eigenvalue weighted by Gasteiger charge is -2.21.